The summed E-state index contributed by atoms with van der Waals surface area (Å²) in [6.07, 6.45) is 8.79. The first kappa shape index (κ1) is 12.1. The zero-order valence-electron chi connectivity index (χ0n) is 11.2. The van der Waals surface area contributed by atoms with Crippen molar-refractivity contribution < 1.29 is 9.90 Å². The Morgan fingerprint density at radius 3 is 3.19 bits per heavy atom. The van der Waals surface area contributed by atoms with E-state index in [0.29, 0.717) is 19.3 Å². The molecule has 3 aromatic rings. The topological polar surface area (TPSA) is 96.2 Å². The number of rotatable bonds is 2. The van der Waals surface area contributed by atoms with Gasteiger partial charge >= 0.3 is 5.97 Å². The predicted octanol–water partition coefficient (Wildman–Crippen LogP) is 1.31. The molecule has 21 heavy (non-hydrogen) atoms. The molecule has 3 heterocycles. The number of nitrogens with one attached hydrogen (secondary N) is 1. The Hall–Kier alpha value is -2.70. The largest absolute Gasteiger partial charge is 0.481 e. The zero-order valence-corrected chi connectivity index (χ0v) is 11.2. The highest BCUT2D eigenvalue weighted by molar-refractivity contribution is 5.75. The number of aryl methyl sites for hydroxylation is 1. The highest BCUT2D eigenvalue weighted by Gasteiger charge is 2.27. The standard InChI is InChI=1S/C14H13N5O2/c20-14(21)8-1-2-10-11(5-8)18-13(17-10)9-6-16-19-4-3-15-7-12(9)19/h3-4,6-8H,1-2,5H2,(H,17,18)(H,20,21). The van der Waals surface area contributed by atoms with E-state index >= 15 is 0 Å². The van der Waals surface area contributed by atoms with Crippen LogP contribution in [0.3, 0.4) is 0 Å². The molecule has 0 fully saturated rings. The van der Waals surface area contributed by atoms with Gasteiger partial charge in [-0.25, -0.2) is 9.50 Å². The van der Waals surface area contributed by atoms with Gasteiger partial charge < -0.3 is 10.1 Å². The average Bonchev–Trinajstić information content (AvgIpc) is 3.09. The molecule has 4 rings (SSSR count). The number of hydrogen-bond acceptors (Lipinski definition) is 4. The second-order valence-electron chi connectivity index (χ2n) is 5.25. The average molecular weight is 283 g/mol. The van der Waals surface area contributed by atoms with E-state index in [9.17, 15) is 4.79 Å². The zero-order chi connectivity index (χ0) is 14.4. The minimum Gasteiger partial charge on any atom is -0.481 e. The summed E-state index contributed by atoms with van der Waals surface area (Å²) in [6.45, 7) is 0. The summed E-state index contributed by atoms with van der Waals surface area (Å²) in [4.78, 5) is 23.1. The molecule has 2 N–H and O–H groups in total. The molecule has 106 valence electrons. The fourth-order valence-electron chi connectivity index (χ4n) is 2.84. The number of H-pyrrole nitrogens is 1. The van der Waals surface area contributed by atoms with Crippen molar-refractivity contribution in [3.05, 3.63) is 36.2 Å². The molecule has 0 bridgehead atoms. The number of aromatic amines is 1. The van der Waals surface area contributed by atoms with Crippen molar-refractivity contribution in [2.45, 2.75) is 19.3 Å². The summed E-state index contributed by atoms with van der Waals surface area (Å²) in [7, 11) is 0. The number of nitrogens with zero attached hydrogens (tertiary/aromatic N) is 4. The maximum atomic E-state index is 11.1. The van der Waals surface area contributed by atoms with Gasteiger partial charge in [0.05, 0.1) is 35.1 Å². The van der Waals surface area contributed by atoms with E-state index < -0.39 is 5.97 Å². The smallest absolute Gasteiger partial charge is 0.306 e. The molecule has 7 nitrogen and oxygen atoms in total. The molecule has 1 aliphatic carbocycles. The molecular weight excluding hydrogens is 270 g/mol. The summed E-state index contributed by atoms with van der Waals surface area (Å²) in [5, 5.41) is 13.4. The Morgan fingerprint density at radius 1 is 1.43 bits per heavy atom. The van der Waals surface area contributed by atoms with Crippen LogP contribution in [0.25, 0.3) is 16.9 Å². The lowest BCUT2D eigenvalue weighted by Gasteiger charge is -2.16. The Labute approximate surface area is 119 Å². The van der Waals surface area contributed by atoms with Crippen LogP contribution in [0.1, 0.15) is 17.8 Å². The third kappa shape index (κ3) is 1.89. The van der Waals surface area contributed by atoms with Crippen LogP contribution < -0.4 is 0 Å². The Bertz CT molecular complexity index is 835. The summed E-state index contributed by atoms with van der Waals surface area (Å²) >= 11 is 0. The van der Waals surface area contributed by atoms with E-state index in [2.05, 4.69) is 20.1 Å². The summed E-state index contributed by atoms with van der Waals surface area (Å²) in [5.41, 5.74) is 3.64. The molecule has 0 saturated heterocycles. The van der Waals surface area contributed by atoms with Crippen LogP contribution in [0.4, 0.5) is 0 Å². The van der Waals surface area contributed by atoms with Gasteiger partial charge in [0.15, 0.2) is 0 Å². The Kier molecular flexibility index (Phi) is 2.53. The third-order valence-electron chi connectivity index (χ3n) is 3.97. The first-order chi connectivity index (χ1) is 10.2. The Balaban J connectivity index is 1.76. The first-order valence-electron chi connectivity index (χ1n) is 6.80. The molecular formula is C14H13N5O2. The maximum absolute atomic E-state index is 11.1. The van der Waals surface area contributed by atoms with E-state index in [-0.39, 0.29) is 5.92 Å². The van der Waals surface area contributed by atoms with Crippen LogP contribution in [0.5, 0.6) is 0 Å². The lowest BCUT2D eigenvalue weighted by Crippen LogP contribution is -2.22. The number of aromatic nitrogens is 5. The van der Waals surface area contributed by atoms with Crippen molar-refractivity contribution >= 4 is 11.5 Å². The molecule has 1 unspecified atom stereocenters. The van der Waals surface area contributed by atoms with Crippen LogP contribution >= 0.6 is 0 Å². The van der Waals surface area contributed by atoms with Crippen molar-refractivity contribution in [1.82, 2.24) is 24.6 Å². The fourth-order valence-corrected chi connectivity index (χ4v) is 2.84. The summed E-state index contributed by atoms with van der Waals surface area (Å²) in [5.74, 6) is -0.331. The van der Waals surface area contributed by atoms with E-state index in [1.165, 1.54) is 0 Å². The van der Waals surface area contributed by atoms with Gasteiger partial charge in [0.2, 0.25) is 0 Å². The molecule has 0 amide bonds. The molecule has 7 heteroatoms. The van der Waals surface area contributed by atoms with Gasteiger partial charge in [-0.3, -0.25) is 9.78 Å². The predicted molar refractivity (Wildman–Crippen MR) is 73.7 cm³/mol. The number of fused-ring (bicyclic) bond motifs is 2. The van der Waals surface area contributed by atoms with Crippen molar-refractivity contribution in [3.8, 4) is 11.4 Å². The minimum atomic E-state index is -0.739. The van der Waals surface area contributed by atoms with Crippen LogP contribution in [0, 0.1) is 5.92 Å². The molecule has 0 radical (unpaired) electrons. The normalized spacial score (nSPS) is 17.8. The lowest BCUT2D eigenvalue weighted by atomic mass is 9.90. The third-order valence-corrected chi connectivity index (χ3v) is 3.97. The second-order valence-corrected chi connectivity index (χ2v) is 5.25. The van der Waals surface area contributed by atoms with Crippen LogP contribution in [-0.4, -0.2) is 35.6 Å². The molecule has 0 spiro atoms. The van der Waals surface area contributed by atoms with Gasteiger partial charge in [-0.2, -0.15) is 5.10 Å². The van der Waals surface area contributed by atoms with Gasteiger partial charge in [0, 0.05) is 24.5 Å². The van der Waals surface area contributed by atoms with E-state index in [4.69, 9.17) is 5.11 Å². The first-order valence-corrected chi connectivity index (χ1v) is 6.80. The van der Waals surface area contributed by atoms with Crippen molar-refractivity contribution in [1.29, 1.82) is 0 Å². The van der Waals surface area contributed by atoms with Crippen molar-refractivity contribution in [2.24, 2.45) is 5.92 Å². The minimum absolute atomic E-state index is 0.323. The number of aliphatic carboxylic acids is 1. The van der Waals surface area contributed by atoms with Gasteiger partial charge in [0.25, 0.3) is 0 Å². The van der Waals surface area contributed by atoms with Gasteiger partial charge in [-0.15, -0.1) is 0 Å². The fraction of sp³-hybridized carbons (Fsp3) is 0.286. The number of hydrogen-bond donors (Lipinski definition) is 2. The van der Waals surface area contributed by atoms with Gasteiger partial charge in [-0.05, 0) is 12.8 Å². The van der Waals surface area contributed by atoms with Crippen LogP contribution in [0.15, 0.2) is 24.8 Å². The Morgan fingerprint density at radius 2 is 2.33 bits per heavy atom. The number of imidazole rings is 1. The van der Waals surface area contributed by atoms with Crippen molar-refractivity contribution in [3.63, 3.8) is 0 Å². The highest BCUT2D eigenvalue weighted by atomic mass is 16.4. The number of carboxylic acids is 1. The number of carboxylic acid groups (broad SMARTS) is 1. The quantitative estimate of drug-likeness (QED) is 0.739. The monoisotopic (exact) mass is 283 g/mol. The molecule has 0 aromatic carbocycles. The maximum Gasteiger partial charge on any atom is 0.306 e. The molecule has 3 aromatic heterocycles. The lowest BCUT2D eigenvalue weighted by molar-refractivity contribution is -0.142. The van der Waals surface area contributed by atoms with Gasteiger partial charge in [-0.1, -0.05) is 0 Å². The van der Waals surface area contributed by atoms with Gasteiger partial charge in [0.1, 0.15) is 5.82 Å². The van der Waals surface area contributed by atoms with Crippen molar-refractivity contribution in [2.75, 3.05) is 0 Å². The van der Waals surface area contributed by atoms with E-state index in [1.807, 2.05) is 0 Å². The van der Waals surface area contributed by atoms with E-state index in [0.717, 1.165) is 28.3 Å². The highest BCUT2D eigenvalue weighted by Crippen LogP contribution is 2.28. The molecule has 1 atom stereocenters. The summed E-state index contributed by atoms with van der Waals surface area (Å²) in [6, 6.07) is 0. The number of carbonyl (C=O) groups is 1. The molecule has 0 aliphatic heterocycles. The molecule has 0 saturated carbocycles. The summed E-state index contributed by atoms with van der Waals surface area (Å²) < 4.78 is 1.74. The van der Waals surface area contributed by atoms with E-state index in [1.54, 1.807) is 29.3 Å². The van der Waals surface area contributed by atoms with Crippen LogP contribution in [0.2, 0.25) is 0 Å². The SMILES string of the molecule is O=C(O)C1CCc2nc(-c3cnn4ccncc34)[nH]c2C1. The second kappa shape index (κ2) is 4.41. The molecule has 1 aliphatic rings. The van der Waals surface area contributed by atoms with Crippen LogP contribution in [-0.2, 0) is 17.6 Å².